The Bertz CT molecular complexity index is 452. The number of nitro groups is 1. The van der Waals surface area contributed by atoms with Gasteiger partial charge in [0.25, 0.3) is 0 Å². The highest BCUT2D eigenvalue weighted by molar-refractivity contribution is 5.52. The summed E-state index contributed by atoms with van der Waals surface area (Å²) in [5.74, 6) is 0. The number of alkyl halides is 3. The predicted octanol–water partition coefficient (Wildman–Crippen LogP) is 3.73. The molecule has 0 aliphatic rings. The molecule has 0 N–H and O–H groups in total. The summed E-state index contributed by atoms with van der Waals surface area (Å²) < 4.78 is 37.2. The lowest BCUT2D eigenvalue weighted by Gasteiger charge is -2.06. The molecule has 0 bridgehead atoms. The highest BCUT2D eigenvalue weighted by atomic mass is 19.4. The molecular formula is C11H10F3NO2. The summed E-state index contributed by atoms with van der Waals surface area (Å²) in [5.41, 5.74) is -0.761. The van der Waals surface area contributed by atoms with E-state index in [-0.39, 0.29) is 17.7 Å². The smallest absolute Gasteiger partial charge is 0.259 e. The third-order valence-corrected chi connectivity index (χ3v) is 2.14. The van der Waals surface area contributed by atoms with Gasteiger partial charge in [-0.15, -0.1) is 0 Å². The molecule has 1 aromatic rings. The van der Waals surface area contributed by atoms with Crippen LogP contribution in [-0.2, 0) is 6.18 Å². The Balaban J connectivity index is 3.12. The molecule has 0 aliphatic carbocycles. The Hall–Kier alpha value is -1.85. The van der Waals surface area contributed by atoms with Crippen LogP contribution >= 0.6 is 0 Å². The van der Waals surface area contributed by atoms with Gasteiger partial charge in [-0.25, -0.2) is 0 Å². The van der Waals surface area contributed by atoms with Crippen molar-refractivity contribution in [2.24, 2.45) is 0 Å². The minimum Gasteiger partial charge on any atom is -0.259 e. The zero-order valence-corrected chi connectivity index (χ0v) is 8.99. The van der Waals surface area contributed by atoms with E-state index in [0.29, 0.717) is 0 Å². The highest BCUT2D eigenvalue weighted by Gasteiger charge is 2.30. The van der Waals surface area contributed by atoms with Crippen molar-refractivity contribution in [2.45, 2.75) is 19.5 Å². The van der Waals surface area contributed by atoms with Gasteiger partial charge in [0.2, 0.25) is 5.70 Å². The van der Waals surface area contributed by atoms with Gasteiger partial charge < -0.3 is 0 Å². The SMILES string of the molecule is CC/C(=C\c1cccc(C(F)(F)F)c1)[N+](=O)[O-]. The summed E-state index contributed by atoms with van der Waals surface area (Å²) in [7, 11) is 0. The molecule has 0 fully saturated rings. The van der Waals surface area contributed by atoms with Gasteiger partial charge in [0.1, 0.15) is 0 Å². The van der Waals surface area contributed by atoms with Crippen molar-refractivity contribution in [3.05, 3.63) is 51.2 Å². The summed E-state index contributed by atoms with van der Waals surface area (Å²) in [6, 6.07) is 4.44. The summed E-state index contributed by atoms with van der Waals surface area (Å²) in [6.07, 6.45) is -3.14. The van der Waals surface area contributed by atoms with Crippen LogP contribution in [0.2, 0.25) is 0 Å². The quantitative estimate of drug-likeness (QED) is 0.601. The van der Waals surface area contributed by atoms with Crippen molar-refractivity contribution in [3.63, 3.8) is 0 Å². The van der Waals surface area contributed by atoms with E-state index in [9.17, 15) is 23.3 Å². The van der Waals surface area contributed by atoms with E-state index in [1.165, 1.54) is 12.1 Å². The first-order chi connectivity index (χ1) is 7.84. The van der Waals surface area contributed by atoms with Crippen LogP contribution in [0.15, 0.2) is 30.0 Å². The Morgan fingerprint density at radius 2 is 2.12 bits per heavy atom. The van der Waals surface area contributed by atoms with Crippen LogP contribution in [-0.4, -0.2) is 4.92 Å². The van der Waals surface area contributed by atoms with Gasteiger partial charge >= 0.3 is 6.18 Å². The first kappa shape index (κ1) is 13.2. The van der Waals surface area contributed by atoms with Crippen LogP contribution in [0.3, 0.4) is 0 Å². The minimum atomic E-state index is -4.44. The maximum Gasteiger partial charge on any atom is 0.416 e. The zero-order valence-electron chi connectivity index (χ0n) is 8.99. The molecule has 0 amide bonds. The van der Waals surface area contributed by atoms with Crippen LogP contribution in [0.5, 0.6) is 0 Å². The third-order valence-electron chi connectivity index (χ3n) is 2.14. The molecule has 0 aromatic heterocycles. The van der Waals surface area contributed by atoms with E-state index in [2.05, 4.69) is 0 Å². The first-order valence-corrected chi connectivity index (χ1v) is 4.87. The standard InChI is InChI=1S/C11H10F3NO2/c1-2-10(15(16)17)7-8-4-3-5-9(6-8)11(12,13)14/h3-7H,2H2,1H3/b10-7+. The van der Waals surface area contributed by atoms with Gasteiger partial charge in [-0.05, 0) is 17.7 Å². The molecule has 1 rings (SSSR count). The van der Waals surface area contributed by atoms with E-state index in [1.807, 2.05) is 0 Å². The van der Waals surface area contributed by atoms with Crippen LogP contribution in [0, 0.1) is 10.1 Å². The summed E-state index contributed by atoms with van der Waals surface area (Å²) in [4.78, 5) is 9.93. The Labute approximate surface area is 95.7 Å². The number of hydrogen-bond donors (Lipinski definition) is 0. The average Bonchev–Trinajstić information content (AvgIpc) is 2.24. The van der Waals surface area contributed by atoms with Crippen LogP contribution in [0.4, 0.5) is 13.2 Å². The van der Waals surface area contributed by atoms with Crippen LogP contribution in [0.25, 0.3) is 6.08 Å². The topological polar surface area (TPSA) is 43.1 Å². The van der Waals surface area contributed by atoms with Crippen molar-refractivity contribution >= 4 is 6.08 Å². The van der Waals surface area contributed by atoms with Crippen molar-refractivity contribution in [3.8, 4) is 0 Å². The maximum absolute atomic E-state index is 12.4. The molecule has 0 atom stereocenters. The van der Waals surface area contributed by atoms with Crippen molar-refractivity contribution < 1.29 is 18.1 Å². The minimum absolute atomic E-state index is 0.121. The largest absolute Gasteiger partial charge is 0.416 e. The number of allylic oxidation sites excluding steroid dienone is 1. The lowest BCUT2D eigenvalue weighted by atomic mass is 10.1. The maximum atomic E-state index is 12.4. The molecule has 92 valence electrons. The molecule has 0 aliphatic heterocycles. The van der Waals surface area contributed by atoms with Gasteiger partial charge in [0.05, 0.1) is 10.5 Å². The highest BCUT2D eigenvalue weighted by Crippen LogP contribution is 2.30. The number of nitrogens with zero attached hydrogens (tertiary/aromatic N) is 1. The van der Waals surface area contributed by atoms with E-state index < -0.39 is 16.7 Å². The lowest BCUT2D eigenvalue weighted by molar-refractivity contribution is -0.425. The summed E-state index contributed by atoms with van der Waals surface area (Å²) in [5, 5.41) is 10.5. The third kappa shape index (κ3) is 3.58. The Morgan fingerprint density at radius 1 is 1.47 bits per heavy atom. The molecule has 0 unspecified atom stereocenters. The Kier molecular flexibility index (Phi) is 3.88. The second kappa shape index (κ2) is 4.99. The molecule has 3 nitrogen and oxygen atoms in total. The fourth-order valence-corrected chi connectivity index (χ4v) is 1.28. The van der Waals surface area contributed by atoms with Gasteiger partial charge in [-0.3, -0.25) is 10.1 Å². The molecule has 0 saturated heterocycles. The Morgan fingerprint density at radius 3 is 2.59 bits per heavy atom. The fraction of sp³-hybridized carbons (Fsp3) is 0.273. The van der Waals surface area contributed by atoms with Gasteiger partial charge in [0, 0.05) is 12.5 Å². The molecule has 6 heteroatoms. The van der Waals surface area contributed by atoms with E-state index >= 15 is 0 Å². The monoisotopic (exact) mass is 245 g/mol. The molecule has 17 heavy (non-hydrogen) atoms. The molecule has 0 radical (unpaired) electrons. The van der Waals surface area contributed by atoms with Crippen molar-refractivity contribution in [1.29, 1.82) is 0 Å². The molecule has 1 aromatic carbocycles. The van der Waals surface area contributed by atoms with Crippen LogP contribution < -0.4 is 0 Å². The normalized spacial score (nSPS) is 12.6. The van der Waals surface area contributed by atoms with E-state index in [4.69, 9.17) is 0 Å². The predicted molar refractivity (Wildman–Crippen MR) is 56.7 cm³/mol. The molecular weight excluding hydrogens is 235 g/mol. The van der Waals surface area contributed by atoms with Crippen molar-refractivity contribution in [2.75, 3.05) is 0 Å². The van der Waals surface area contributed by atoms with E-state index in [0.717, 1.165) is 18.2 Å². The second-order valence-corrected chi connectivity index (χ2v) is 3.37. The number of halogens is 3. The number of benzene rings is 1. The zero-order chi connectivity index (χ0) is 13.1. The summed E-state index contributed by atoms with van der Waals surface area (Å²) in [6.45, 7) is 1.57. The summed E-state index contributed by atoms with van der Waals surface area (Å²) >= 11 is 0. The number of rotatable bonds is 3. The average molecular weight is 245 g/mol. The molecule has 0 heterocycles. The van der Waals surface area contributed by atoms with Crippen LogP contribution in [0.1, 0.15) is 24.5 Å². The van der Waals surface area contributed by atoms with Crippen molar-refractivity contribution in [1.82, 2.24) is 0 Å². The fourth-order valence-electron chi connectivity index (χ4n) is 1.28. The van der Waals surface area contributed by atoms with Gasteiger partial charge in [0.15, 0.2) is 0 Å². The van der Waals surface area contributed by atoms with Gasteiger partial charge in [-0.1, -0.05) is 19.1 Å². The molecule has 0 spiro atoms. The van der Waals surface area contributed by atoms with E-state index in [1.54, 1.807) is 6.92 Å². The second-order valence-electron chi connectivity index (χ2n) is 3.37. The number of hydrogen-bond acceptors (Lipinski definition) is 2. The van der Waals surface area contributed by atoms with Gasteiger partial charge in [-0.2, -0.15) is 13.2 Å². The first-order valence-electron chi connectivity index (χ1n) is 4.87. The molecule has 0 saturated carbocycles. The lowest BCUT2D eigenvalue weighted by Crippen LogP contribution is -2.04.